The van der Waals surface area contributed by atoms with Crippen molar-refractivity contribution in [3.63, 3.8) is 0 Å². The Bertz CT molecular complexity index is 314. The van der Waals surface area contributed by atoms with Crippen molar-refractivity contribution in [3.05, 3.63) is 0 Å². The average molecular weight is 205 g/mol. The first kappa shape index (κ1) is 11.9. The van der Waals surface area contributed by atoms with E-state index in [1.54, 1.807) is 0 Å². The third-order valence-corrected chi connectivity index (χ3v) is 2.47. The molecular weight excluding hydrogens is 194 g/mol. The Morgan fingerprint density at radius 3 is 2.62 bits per heavy atom. The molecule has 0 bridgehead atoms. The van der Waals surface area contributed by atoms with Crippen LogP contribution in [0.3, 0.4) is 0 Å². The van der Waals surface area contributed by atoms with Crippen LogP contribution in [-0.2, 0) is 19.6 Å². The first-order valence-electron chi connectivity index (χ1n) is 3.44. The number of sulfonamides is 1. The van der Waals surface area contributed by atoms with Gasteiger partial charge in [0, 0.05) is 0 Å². The Hall–Kier alpha value is -1.06. The molecule has 1 atom stereocenters. The van der Waals surface area contributed by atoms with E-state index in [4.69, 9.17) is 6.42 Å². The molecule has 0 aliphatic carbocycles. The summed E-state index contributed by atoms with van der Waals surface area (Å²) in [6.45, 7) is 1.49. The van der Waals surface area contributed by atoms with Crippen molar-refractivity contribution in [1.82, 2.24) is 4.72 Å². The highest BCUT2D eigenvalue weighted by Gasteiger charge is 2.18. The zero-order valence-electron chi connectivity index (χ0n) is 7.40. The number of methoxy groups -OCH3 is 1. The number of carbonyl (C=O) groups excluding carboxylic acids is 1. The van der Waals surface area contributed by atoms with Gasteiger partial charge in [-0.3, -0.25) is 4.79 Å². The second kappa shape index (κ2) is 4.84. The van der Waals surface area contributed by atoms with Crippen LogP contribution in [0.1, 0.15) is 6.92 Å². The van der Waals surface area contributed by atoms with Crippen molar-refractivity contribution in [2.24, 2.45) is 0 Å². The van der Waals surface area contributed by atoms with Crippen LogP contribution < -0.4 is 4.72 Å². The molecule has 74 valence electrons. The second-order valence-corrected chi connectivity index (χ2v) is 4.10. The lowest BCUT2D eigenvalue weighted by atomic mass is 10.4. The second-order valence-electron chi connectivity index (χ2n) is 2.34. The Kier molecular flexibility index (Phi) is 4.45. The van der Waals surface area contributed by atoms with Crippen molar-refractivity contribution in [3.8, 4) is 12.3 Å². The lowest BCUT2D eigenvalue weighted by Gasteiger charge is -2.07. The molecule has 0 heterocycles. The quantitative estimate of drug-likeness (QED) is 0.477. The minimum Gasteiger partial charge on any atom is -0.468 e. The summed E-state index contributed by atoms with van der Waals surface area (Å²) in [6, 6.07) is -0.630. The molecule has 1 N–H and O–H groups in total. The van der Waals surface area contributed by atoms with Crippen LogP contribution in [0, 0.1) is 12.3 Å². The number of hydrogen-bond acceptors (Lipinski definition) is 4. The Morgan fingerprint density at radius 1 is 1.69 bits per heavy atom. The number of esters is 1. The van der Waals surface area contributed by atoms with Gasteiger partial charge in [-0.1, -0.05) is 5.92 Å². The van der Waals surface area contributed by atoms with Crippen LogP contribution in [0.4, 0.5) is 0 Å². The predicted molar refractivity (Wildman–Crippen MR) is 47.2 cm³/mol. The molecule has 0 aliphatic heterocycles. The lowest BCUT2D eigenvalue weighted by molar-refractivity contribution is -0.137. The Morgan fingerprint density at radius 2 is 2.23 bits per heavy atom. The molecule has 13 heavy (non-hydrogen) atoms. The lowest BCUT2D eigenvalue weighted by Crippen LogP contribution is -2.36. The highest BCUT2D eigenvalue weighted by atomic mass is 32.2. The van der Waals surface area contributed by atoms with Gasteiger partial charge < -0.3 is 4.74 Å². The van der Waals surface area contributed by atoms with Gasteiger partial charge in [-0.05, 0) is 6.92 Å². The molecule has 6 heteroatoms. The fourth-order valence-electron chi connectivity index (χ4n) is 0.559. The molecule has 0 spiro atoms. The number of ether oxygens (including phenoxy) is 1. The van der Waals surface area contributed by atoms with Crippen LogP contribution >= 0.6 is 0 Å². The molecule has 0 fully saturated rings. The van der Waals surface area contributed by atoms with Crippen molar-refractivity contribution >= 4 is 16.0 Å². The molecule has 1 unspecified atom stereocenters. The number of rotatable bonds is 4. The summed E-state index contributed by atoms with van der Waals surface area (Å²) in [4.78, 5) is 10.6. The topological polar surface area (TPSA) is 72.5 Å². The molecule has 0 amide bonds. The molecule has 0 aliphatic rings. The minimum atomic E-state index is -3.67. The van der Waals surface area contributed by atoms with Gasteiger partial charge in [-0.15, -0.1) is 6.42 Å². The monoisotopic (exact) mass is 205 g/mol. The van der Waals surface area contributed by atoms with E-state index in [0.29, 0.717) is 0 Å². The van der Waals surface area contributed by atoms with Gasteiger partial charge in [0.05, 0.1) is 13.2 Å². The summed E-state index contributed by atoms with van der Waals surface area (Å²) in [5.41, 5.74) is 0. The summed E-state index contributed by atoms with van der Waals surface area (Å²) in [6.07, 6.45) is 4.95. The zero-order chi connectivity index (χ0) is 10.5. The van der Waals surface area contributed by atoms with Gasteiger partial charge in [0.15, 0.2) is 5.75 Å². The van der Waals surface area contributed by atoms with Crippen molar-refractivity contribution < 1.29 is 17.9 Å². The van der Waals surface area contributed by atoms with Crippen LogP contribution in [0.2, 0.25) is 0 Å². The van der Waals surface area contributed by atoms with Gasteiger partial charge in [-0.2, -0.15) is 0 Å². The van der Waals surface area contributed by atoms with E-state index in [2.05, 4.69) is 15.4 Å². The van der Waals surface area contributed by atoms with Crippen LogP contribution in [0.5, 0.6) is 0 Å². The van der Waals surface area contributed by atoms with Crippen LogP contribution in [0.25, 0.3) is 0 Å². The molecular formula is C7H11NO4S. The van der Waals surface area contributed by atoms with E-state index >= 15 is 0 Å². The first-order valence-corrected chi connectivity index (χ1v) is 5.09. The van der Waals surface area contributed by atoms with Gasteiger partial charge >= 0.3 is 5.97 Å². The minimum absolute atomic E-state index is 0.630. The van der Waals surface area contributed by atoms with Crippen molar-refractivity contribution in [1.29, 1.82) is 0 Å². The highest BCUT2D eigenvalue weighted by molar-refractivity contribution is 7.90. The number of nitrogens with one attached hydrogen (secondary N) is 1. The smallest absolute Gasteiger partial charge is 0.322 e. The van der Waals surface area contributed by atoms with Gasteiger partial charge in [0.1, 0.15) is 0 Å². The van der Waals surface area contributed by atoms with E-state index in [1.807, 2.05) is 0 Å². The Balaban J connectivity index is 4.28. The summed E-state index contributed by atoms with van der Waals surface area (Å²) in [5, 5.41) is 0. The fraction of sp³-hybridized carbons (Fsp3) is 0.571. The van der Waals surface area contributed by atoms with E-state index in [-0.39, 0.29) is 0 Å². The molecule has 0 saturated heterocycles. The standard InChI is InChI=1S/C7H11NO4S/c1-4-6(2)8-13(10,11)5-7(9)12-3/h1,6,8H,5H2,2-3H3. The van der Waals surface area contributed by atoms with Crippen LogP contribution in [0.15, 0.2) is 0 Å². The normalized spacial score (nSPS) is 13.0. The third kappa shape index (κ3) is 5.22. The number of carbonyl (C=O) groups is 1. The van der Waals surface area contributed by atoms with E-state index < -0.39 is 27.8 Å². The van der Waals surface area contributed by atoms with Crippen LogP contribution in [-0.4, -0.2) is 33.3 Å². The number of terminal acetylenes is 1. The maximum atomic E-state index is 11.1. The maximum Gasteiger partial charge on any atom is 0.322 e. The predicted octanol–water partition coefficient (Wildman–Crippen LogP) is -0.899. The molecule has 0 saturated carbocycles. The molecule has 0 aromatic heterocycles. The molecule has 0 rings (SSSR count). The SMILES string of the molecule is C#CC(C)NS(=O)(=O)CC(=O)OC. The van der Waals surface area contributed by atoms with E-state index in [9.17, 15) is 13.2 Å². The third-order valence-electron chi connectivity index (χ3n) is 1.14. The largest absolute Gasteiger partial charge is 0.468 e. The summed E-state index contributed by atoms with van der Waals surface area (Å²) >= 11 is 0. The van der Waals surface area contributed by atoms with Gasteiger partial charge in [-0.25, -0.2) is 13.1 Å². The number of hydrogen-bond donors (Lipinski definition) is 1. The van der Waals surface area contributed by atoms with Gasteiger partial charge in [0.25, 0.3) is 0 Å². The van der Waals surface area contributed by atoms with Crippen molar-refractivity contribution in [2.75, 3.05) is 12.9 Å². The van der Waals surface area contributed by atoms with Gasteiger partial charge in [0.2, 0.25) is 10.0 Å². The van der Waals surface area contributed by atoms with E-state index in [0.717, 1.165) is 7.11 Å². The fourth-order valence-corrected chi connectivity index (χ4v) is 1.68. The molecule has 5 nitrogen and oxygen atoms in total. The Labute approximate surface area is 77.5 Å². The molecule has 0 radical (unpaired) electrons. The molecule has 0 aromatic carbocycles. The maximum absolute atomic E-state index is 11.1. The summed E-state index contributed by atoms with van der Waals surface area (Å²) in [5.74, 6) is 0.635. The zero-order valence-corrected chi connectivity index (χ0v) is 8.22. The van der Waals surface area contributed by atoms with Crippen molar-refractivity contribution in [2.45, 2.75) is 13.0 Å². The molecule has 0 aromatic rings. The average Bonchev–Trinajstić information content (AvgIpc) is 2.02. The first-order chi connectivity index (χ1) is 5.91. The summed E-state index contributed by atoms with van der Waals surface area (Å²) < 4.78 is 28.4. The summed E-state index contributed by atoms with van der Waals surface area (Å²) in [7, 11) is -2.56. The van der Waals surface area contributed by atoms with E-state index in [1.165, 1.54) is 6.92 Å². The highest BCUT2D eigenvalue weighted by Crippen LogP contribution is 1.89.